The minimum Gasteiger partial charge on any atom is -0.494 e. The van der Waals surface area contributed by atoms with E-state index in [2.05, 4.69) is 9.47 Å². The van der Waals surface area contributed by atoms with Gasteiger partial charge in [-0.25, -0.2) is 18.0 Å². The van der Waals surface area contributed by atoms with E-state index in [1.165, 1.54) is 50.6 Å². The van der Waals surface area contributed by atoms with Gasteiger partial charge in [0.05, 0.1) is 37.2 Å². The van der Waals surface area contributed by atoms with Crippen LogP contribution in [0.25, 0.3) is 12.2 Å². The molecule has 2 N–H and O–H groups in total. The predicted molar refractivity (Wildman–Crippen MR) is 246 cm³/mol. The highest BCUT2D eigenvalue weighted by Gasteiger charge is 2.35. The Labute approximate surface area is 384 Å². The topological polar surface area (TPSA) is 198 Å². The number of ether oxygens (including phenoxy) is 6. The zero-order valence-corrected chi connectivity index (χ0v) is 38.2. The second-order valence-electron chi connectivity index (χ2n) is 15.1. The summed E-state index contributed by atoms with van der Waals surface area (Å²) in [5, 5.41) is 0. The third-order valence-corrected chi connectivity index (χ3v) is 11.4. The van der Waals surface area contributed by atoms with Gasteiger partial charge < -0.3 is 37.5 Å². The van der Waals surface area contributed by atoms with Gasteiger partial charge in [-0.05, 0) is 134 Å². The van der Waals surface area contributed by atoms with Crippen molar-refractivity contribution in [2.24, 2.45) is 5.41 Å². The molecule has 2 atom stereocenters. The summed E-state index contributed by atoms with van der Waals surface area (Å²) in [4.78, 5) is 49.5. The van der Waals surface area contributed by atoms with E-state index in [-0.39, 0.29) is 48.7 Å². The monoisotopic (exact) mass is 932 g/mol. The van der Waals surface area contributed by atoms with Gasteiger partial charge in [0.1, 0.15) is 24.7 Å². The Hall–Kier alpha value is -5.94. The smallest absolute Gasteiger partial charge is 0.330 e. The second-order valence-corrected chi connectivity index (χ2v) is 17.1. The molecule has 2 unspecified atom stereocenters. The fraction of sp³-hybridized carbons (Fsp3) is 0.347. The minimum absolute atomic E-state index is 0.117. The van der Waals surface area contributed by atoms with Crippen LogP contribution >= 0.6 is 0 Å². The van der Waals surface area contributed by atoms with E-state index in [4.69, 9.17) is 18.9 Å². The Morgan fingerprint density at radius 3 is 1.23 bits per heavy atom. The van der Waals surface area contributed by atoms with Crippen LogP contribution in [0.1, 0.15) is 73.6 Å². The van der Waals surface area contributed by atoms with Crippen molar-refractivity contribution < 1.29 is 65.1 Å². The molecule has 348 valence electrons. The Balaban J connectivity index is 1.34. The molecule has 14 nitrogen and oxygen atoms in total. The third-order valence-electron chi connectivity index (χ3n) is 10.1. The molecule has 0 heterocycles. The molecule has 0 spiro atoms. The highest BCUT2D eigenvalue weighted by atomic mass is 32.2. The molecule has 4 rings (SSSR count). The minimum atomic E-state index is -2.19. The summed E-state index contributed by atoms with van der Waals surface area (Å²) >= 11 is -4.37. The van der Waals surface area contributed by atoms with E-state index in [1.54, 1.807) is 60.7 Å². The zero-order chi connectivity index (χ0) is 46.9. The number of esters is 4. The summed E-state index contributed by atoms with van der Waals surface area (Å²) in [5.41, 5.74) is 2.15. The summed E-state index contributed by atoms with van der Waals surface area (Å²) < 4.78 is 75.4. The van der Waals surface area contributed by atoms with E-state index in [1.807, 2.05) is 24.3 Å². The molecule has 0 aliphatic heterocycles. The van der Waals surface area contributed by atoms with Crippen LogP contribution in [-0.2, 0) is 73.1 Å². The highest BCUT2D eigenvalue weighted by molar-refractivity contribution is 7.79. The van der Waals surface area contributed by atoms with Crippen LogP contribution < -0.4 is 9.47 Å². The van der Waals surface area contributed by atoms with Crippen LogP contribution in [0.2, 0.25) is 0 Å². The molecule has 0 amide bonds. The van der Waals surface area contributed by atoms with Crippen molar-refractivity contribution in [2.75, 3.05) is 40.6 Å². The number of methoxy groups -OCH3 is 2. The standard InChI is InChI=1S/C49H56O14S2/c1-58-45(50)29-19-37-11-21-41(22-12-37)60-31-7-3-5-9-47(52)62-35-49(33-39-15-25-43(26-16-39)64(54)55,34-40-17-27-44(28-18-40)65(56)57)36-63-48(53)10-6-4-8-32-61-42-23-13-38(14-24-42)20-30-46(51)59-2/h11-30H,3-10,31-36H2,1-2H3,(H,54,55)(H,56,57)/b29-19+,30-20+. The van der Waals surface area contributed by atoms with Gasteiger partial charge in [0.25, 0.3) is 0 Å². The van der Waals surface area contributed by atoms with Crippen molar-refractivity contribution >= 4 is 58.2 Å². The molecule has 0 radical (unpaired) electrons. The molecular formula is C49H56O14S2. The lowest BCUT2D eigenvalue weighted by atomic mass is 9.77. The van der Waals surface area contributed by atoms with Crippen molar-refractivity contribution in [3.05, 3.63) is 131 Å². The van der Waals surface area contributed by atoms with Gasteiger partial charge in [-0.15, -0.1) is 0 Å². The maximum atomic E-state index is 13.2. The first-order chi connectivity index (χ1) is 31.4. The number of unbranched alkanes of at least 4 members (excludes halogenated alkanes) is 4. The molecular weight excluding hydrogens is 877 g/mol. The van der Waals surface area contributed by atoms with Crippen molar-refractivity contribution in [1.29, 1.82) is 0 Å². The summed E-state index contributed by atoms with van der Waals surface area (Å²) in [6.45, 7) is 0.644. The predicted octanol–water partition coefficient (Wildman–Crippen LogP) is 8.36. The average Bonchev–Trinajstić information content (AvgIpc) is 3.31. The summed E-state index contributed by atoms with van der Waals surface area (Å²) in [5.74, 6) is -0.393. The van der Waals surface area contributed by atoms with Crippen LogP contribution in [0.4, 0.5) is 0 Å². The van der Waals surface area contributed by atoms with E-state index in [0.29, 0.717) is 63.2 Å². The Bertz CT molecular complexity index is 2060. The maximum absolute atomic E-state index is 13.2. The largest absolute Gasteiger partial charge is 0.494 e. The van der Waals surface area contributed by atoms with Crippen molar-refractivity contribution in [3.63, 3.8) is 0 Å². The molecule has 0 saturated heterocycles. The number of rotatable bonds is 28. The third kappa shape index (κ3) is 19.8. The Morgan fingerprint density at radius 1 is 0.523 bits per heavy atom. The van der Waals surface area contributed by atoms with E-state index >= 15 is 0 Å². The van der Waals surface area contributed by atoms with Crippen LogP contribution in [0, 0.1) is 5.41 Å². The number of hydrogen-bond acceptors (Lipinski definition) is 12. The molecule has 65 heavy (non-hydrogen) atoms. The highest BCUT2D eigenvalue weighted by Crippen LogP contribution is 2.31. The lowest BCUT2D eigenvalue weighted by Crippen LogP contribution is -2.39. The molecule has 0 saturated carbocycles. The molecule has 16 heteroatoms. The number of carbonyl (C=O) groups is 4. The van der Waals surface area contributed by atoms with Gasteiger partial charge in [0.15, 0.2) is 22.2 Å². The summed E-state index contributed by atoms with van der Waals surface area (Å²) in [7, 11) is 2.63. The molecule has 0 aliphatic rings. The second kappa shape index (κ2) is 28.1. The maximum Gasteiger partial charge on any atom is 0.330 e. The van der Waals surface area contributed by atoms with Crippen molar-refractivity contribution in [2.45, 2.75) is 74.0 Å². The first-order valence-electron chi connectivity index (χ1n) is 21.1. The fourth-order valence-electron chi connectivity index (χ4n) is 6.52. The molecule has 0 bridgehead atoms. The van der Waals surface area contributed by atoms with Crippen LogP contribution in [-0.4, -0.2) is 82.0 Å². The molecule has 0 fully saturated rings. The SMILES string of the molecule is COC(=O)/C=C/c1ccc(OCCCCCC(=O)OCC(COC(=O)CCCCCOc2ccc(/C=C/C(=O)OC)cc2)(Cc2ccc(S(=O)O)cc2)Cc2ccc(S(=O)O)cc2)cc1. The van der Waals surface area contributed by atoms with Gasteiger partial charge >= 0.3 is 23.9 Å². The first-order valence-corrected chi connectivity index (χ1v) is 23.3. The normalized spacial score (nSPS) is 12.4. The molecule has 4 aromatic carbocycles. The quantitative estimate of drug-likeness (QED) is 0.0181. The van der Waals surface area contributed by atoms with E-state index < -0.39 is 51.5 Å². The fourth-order valence-corrected chi connectivity index (χ4v) is 7.26. The van der Waals surface area contributed by atoms with Gasteiger partial charge in [-0.3, -0.25) is 9.59 Å². The van der Waals surface area contributed by atoms with Gasteiger partial charge in [0.2, 0.25) is 0 Å². The number of benzene rings is 4. The summed E-state index contributed by atoms with van der Waals surface area (Å²) in [6, 6.07) is 27.5. The Morgan fingerprint density at radius 2 is 0.892 bits per heavy atom. The van der Waals surface area contributed by atoms with Gasteiger partial charge in [-0.2, -0.15) is 0 Å². The molecule has 0 aromatic heterocycles. The van der Waals surface area contributed by atoms with Crippen LogP contribution in [0.5, 0.6) is 11.5 Å². The Kier molecular flexibility index (Phi) is 22.3. The van der Waals surface area contributed by atoms with Crippen molar-refractivity contribution in [1.82, 2.24) is 0 Å². The molecule has 4 aromatic rings. The number of carbonyl (C=O) groups excluding carboxylic acids is 4. The number of hydrogen-bond donors (Lipinski definition) is 2. The van der Waals surface area contributed by atoms with Gasteiger partial charge in [-0.1, -0.05) is 48.5 Å². The van der Waals surface area contributed by atoms with Crippen LogP contribution in [0.15, 0.2) is 119 Å². The van der Waals surface area contributed by atoms with E-state index in [9.17, 15) is 36.7 Å². The van der Waals surface area contributed by atoms with Gasteiger partial charge in [0, 0.05) is 30.4 Å². The lowest BCUT2D eigenvalue weighted by Gasteiger charge is -2.33. The molecule has 0 aliphatic carbocycles. The summed E-state index contributed by atoms with van der Waals surface area (Å²) in [6.07, 6.45) is 10.7. The average molecular weight is 933 g/mol. The first kappa shape index (κ1) is 51.7. The van der Waals surface area contributed by atoms with E-state index in [0.717, 1.165) is 22.3 Å². The zero-order valence-electron chi connectivity index (χ0n) is 36.6. The lowest BCUT2D eigenvalue weighted by molar-refractivity contribution is -0.154. The van der Waals surface area contributed by atoms with Crippen molar-refractivity contribution in [3.8, 4) is 11.5 Å². The van der Waals surface area contributed by atoms with Crippen LogP contribution in [0.3, 0.4) is 0 Å².